The molecule has 168 valence electrons. The fourth-order valence-electron chi connectivity index (χ4n) is 4.24. The molecule has 5 rings (SSSR count). The molecule has 0 saturated carbocycles. The number of aryl methyl sites for hydroxylation is 1. The van der Waals surface area contributed by atoms with Crippen LogP contribution in [0.5, 0.6) is 0 Å². The van der Waals surface area contributed by atoms with Gasteiger partial charge >= 0.3 is 0 Å². The smallest absolute Gasteiger partial charge is 0.294 e. The van der Waals surface area contributed by atoms with Gasteiger partial charge in [-0.25, -0.2) is 4.98 Å². The number of anilines is 2. The quantitative estimate of drug-likeness (QED) is 0.475. The van der Waals surface area contributed by atoms with Gasteiger partial charge < -0.3 is 14.8 Å². The van der Waals surface area contributed by atoms with E-state index in [0.29, 0.717) is 18.2 Å². The van der Waals surface area contributed by atoms with E-state index in [0.717, 1.165) is 42.5 Å². The molecule has 8 heteroatoms. The van der Waals surface area contributed by atoms with Gasteiger partial charge in [0.05, 0.1) is 17.6 Å². The zero-order chi connectivity index (χ0) is 22.6. The summed E-state index contributed by atoms with van der Waals surface area (Å²) in [5.74, 6) is 0.794. The Labute approximate surface area is 191 Å². The number of hydrogen-bond acceptors (Lipinski definition) is 5. The predicted octanol–water partition coefficient (Wildman–Crippen LogP) is 3.27. The van der Waals surface area contributed by atoms with Gasteiger partial charge in [-0.3, -0.25) is 14.3 Å². The molecule has 0 unspecified atom stereocenters. The molecule has 0 spiro atoms. The van der Waals surface area contributed by atoms with Crippen LogP contribution in [-0.4, -0.2) is 38.3 Å². The molecular formula is C25H26N6O2. The molecule has 0 atom stereocenters. The molecule has 8 nitrogen and oxygen atoms in total. The molecule has 1 aliphatic rings. The van der Waals surface area contributed by atoms with Crippen LogP contribution in [0.2, 0.25) is 0 Å². The lowest BCUT2D eigenvalue weighted by atomic mass is 10.2. The van der Waals surface area contributed by atoms with Crippen molar-refractivity contribution < 1.29 is 4.79 Å². The van der Waals surface area contributed by atoms with Gasteiger partial charge in [0.2, 0.25) is 5.91 Å². The van der Waals surface area contributed by atoms with Crippen LogP contribution in [0, 0.1) is 0 Å². The third-order valence-electron chi connectivity index (χ3n) is 5.90. The summed E-state index contributed by atoms with van der Waals surface area (Å²) in [5.41, 5.74) is 2.50. The van der Waals surface area contributed by atoms with Gasteiger partial charge in [-0.2, -0.15) is 5.10 Å². The zero-order valence-electron chi connectivity index (χ0n) is 18.4. The van der Waals surface area contributed by atoms with Gasteiger partial charge in [0.1, 0.15) is 0 Å². The Kier molecular flexibility index (Phi) is 5.89. The molecule has 2 aromatic carbocycles. The van der Waals surface area contributed by atoms with Crippen molar-refractivity contribution in [2.24, 2.45) is 0 Å². The number of benzene rings is 2. The van der Waals surface area contributed by atoms with E-state index in [1.807, 2.05) is 65.7 Å². The Bertz CT molecular complexity index is 1320. The molecule has 4 aromatic rings. The van der Waals surface area contributed by atoms with E-state index < -0.39 is 0 Å². The molecule has 1 aliphatic heterocycles. The summed E-state index contributed by atoms with van der Waals surface area (Å²) < 4.78 is 3.46. The summed E-state index contributed by atoms with van der Waals surface area (Å²) in [5, 5.41) is 7.28. The Morgan fingerprint density at radius 1 is 0.970 bits per heavy atom. The number of hydrogen-bond donors (Lipinski definition) is 1. The minimum Gasteiger partial charge on any atom is -0.352 e. The van der Waals surface area contributed by atoms with E-state index in [9.17, 15) is 9.59 Å². The van der Waals surface area contributed by atoms with Crippen LogP contribution in [-0.2, 0) is 17.9 Å². The van der Waals surface area contributed by atoms with Crippen LogP contribution in [0.25, 0.3) is 11.0 Å². The Morgan fingerprint density at radius 3 is 2.55 bits per heavy atom. The van der Waals surface area contributed by atoms with E-state index in [1.165, 1.54) is 0 Å². The maximum atomic E-state index is 13.2. The third kappa shape index (κ3) is 4.64. The molecular weight excluding hydrogens is 416 g/mol. The second-order valence-corrected chi connectivity index (χ2v) is 8.26. The molecule has 1 saturated heterocycles. The largest absolute Gasteiger partial charge is 0.352 e. The van der Waals surface area contributed by atoms with E-state index in [2.05, 4.69) is 15.4 Å². The van der Waals surface area contributed by atoms with Crippen molar-refractivity contribution in [2.75, 3.05) is 23.3 Å². The number of rotatable bonds is 7. The first kappa shape index (κ1) is 20.9. The molecule has 0 radical (unpaired) electrons. The van der Waals surface area contributed by atoms with Crippen molar-refractivity contribution in [3.63, 3.8) is 0 Å². The monoisotopic (exact) mass is 442 g/mol. The fraction of sp³-hybridized carbons (Fsp3) is 0.280. The molecule has 1 amide bonds. The lowest BCUT2D eigenvalue weighted by molar-refractivity contribution is -0.116. The highest BCUT2D eigenvalue weighted by Gasteiger charge is 2.20. The zero-order valence-corrected chi connectivity index (χ0v) is 18.4. The lowest BCUT2D eigenvalue weighted by Crippen LogP contribution is -2.32. The standard InChI is InChI=1S/C25H26N6O2/c32-23(27-22-12-16-30(28-22)18-19-8-2-1-3-9-19)13-17-31-21-11-5-4-10-20(21)26-24(25(31)33)29-14-6-7-15-29/h1-5,8-12,16H,6-7,13-15,17-18H2,(H,27,28,32). The first-order valence-corrected chi connectivity index (χ1v) is 11.3. The molecule has 33 heavy (non-hydrogen) atoms. The van der Waals surface area contributed by atoms with Crippen LogP contribution >= 0.6 is 0 Å². The average Bonchev–Trinajstić information content (AvgIpc) is 3.51. The number of carbonyl (C=O) groups is 1. The second-order valence-electron chi connectivity index (χ2n) is 8.26. The molecule has 3 heterocycles. The van der Waals surface area contributed by atoms with Crippen molar-refractivity contribution in [3.05, 3.63) is 82.8 Å². The summed E-state index contributed by atoms with van der Waals surface area (Å²) >= 11 is 0. The SMILES string of the molecule is O=C(CCn1c(=O)c(N2CCCC2)nc2ccccc21)Nc1ccn(Cc2ccccc2)n1. The van der Waals surface area contributed by atoms with Crippen LogP contribution in [0.15, 0.2) is 71.7 Å². The Morgan fingerprint density at radius 2 is 1.73 bits per heavy atom. The van der Waals surface area contributed by atoms with Crippen LogP contribution in [0.1, 0.15) is 24.8 Å². The predicted molar refractivity (Wildman–Crippen MR) is 128 cm³/mol. The first-order valence-electron chi connectivity index (χ1n) is 11.3. The topological polar surface area (TPSA) is 85.0 Å². The highest BCUT2D eigenvalue weighted by atomic mass is 16.2. The van der Waals surface area contributed by atoms with Crippen LogP contribution in [0.3, 0.4) is 0 Å². The lowest BCUT2D eigenvalue weighted by Gasteiger charge is -2.18. The fourth-order valence-corrected chi connectivity index (χ4v) is 4.24. The summed E-state index contributed by atoms with van der Waals surface area (Å²) in [7, 11) is 0. The number of amides is 1. The van der Waals surface area contributed by atoms with Crippen LogP contribution in [0.4, 0.5) is 11.6 Å². The van der Waals surface area contributed by atoms with Gasteiger partial charge in [0.25, 0.3) is 5.56 Å². The summed E-state index contributed by atoms with van der Waals surface area (Å²) in [6, 6.07) is 19.4. The number of nitrogens with one attached hydrogen (secondary N) is 1. The molecule has 0 bridgehead atoms. The number of fused-ring (bicyclic) bond motifs is 1. The maximum Gasteiger partial charge on any atom is 0.294 e. The van der Waals surface area contributed by atoms with E-state index >= 15 is 0 Å². The van der Waals surface area contributed by atoms with Crippen molar-refractivity contribution in [1.29, 1.82) is 0 Å². The van der Waals surface area contributed by atoms with Crippen molar-refractivity contribution in [1.82, 2.24) is 19.3 Å². The first-order chi connectivity index (χ1) is 16.2. The van der Waals surface area contributed by atoms with E-state index in [-0.39, 0.29) is 24.4 Å². The highest BCUT2D eigenvalue weighted by Crippen LogP contribution is 2.18. The summed E-state index contributed by atoms with van der Waals surface area (Å²) in [4.78, 5) is 32.5. The van der Waals surface area contributed by atoms with Gasteiger partial charge in [0.15, 0.2) is 11.6 Å². The number of aromatic nitrogens is 4. The minimum atomic E-state index is -0.185. The number of carbonyl (C=O) groups excluding carboxylic acids is 1. The van der Waals surface area contributed by atoms with Crippen molar-refractivity contribution in [2.45, 2.75) is 32.4 Å². The van der Waals surface area contributed by atoms with Crippen molar-refractivity contribution in [3.8, 4) is 0 Å². The highest BCUT2D eigenvalue weighted by molar-refractivity contribution is 5.89. The maximum absolute atomic E-state index is 13.2. The normalized spacial score (nSPS) is 13.5. The molecule has 1 N–H and O–H groups in total. The summed E-state index contributed by atoms with van der Waals surface area (Å²) in [6.45, 7) is 2.59. The van der Waals surface area contributed by atoms with Crippen LogP contribution < -0.4 is 15.8 Å². The molecule has 1 fully saturated rings. The number of para-hydroxylation sites is 2. The average molecular weight is 443 g/mol. The second kappa shape index (κ2) is 9.28. The van der Waals surface area contributed by atoms with Crippen molar-refractivity contribution >= 4 is 28.6 Å². The minimum absolute atomic E-state index is 0.143. The van der Waals surface area contributed by atoms with E-state index in [4.69, 9.17) is 0 Å². The molecule has 0 aliphatic carbocycles. The van der Waals surface area contributed by atoms with E-state index in [1.54, 1.807) is 15.3 Å². The van der Waals surface area contributed by atoms with Gasteiger partial charge in [0, 0.05) is 38.3 Å². The van der Waals surface area contributed by atoms with Gasteiger partial charge in [-0.1, -0.05) is 42.5 Å². The van der Waals surface area contributed by atoms with Gasteiger partial charge in [-0.05, 0) is 30.5 Å². The van der Waals surface area contributed by atoms with Gasteiger partial charge in [-0.15, -0.1) is 0 Å². The Balaban J connectivity index is 1.29. The summed E-state index contributed by atoms with van der Waals surface area (Å²) in [6.07, 6.45) is 4.13. The number of nitrogens with zero attached hydrogens (tertiary/aromatic N) is 5. The Hall–Kier alpha value is -3.94. The molecule has 2 aromatic heterocycles. The third-order valence-corrected chi connectivity index (χ3v) is 5.90.